The summed E-state index contributed by atoms with van der Waals surface area (Å²) in [5.74, 6) is -0.519. The fourth-order valence-corrected chi connectivity index (χ4v) is 4.58. The lowest BCUT2D eigenvalue weighted by atomic mass is 9.72. The van der Waals surface area contributed by atoms with Gasteiger partial charge < -0.3 is 9.47 Å². The van der Waals surface area contributed by atoms with Gasteiger partial charge in [-0.05, 0) is 19.8 Å². The molecule has 1 atom stereocenters. The van der Waals surface area contributed by atoms with E-state index in [2.05, 4.69) is 0 Å². The van der Waals surface area contributed by atoms with Gasteiger partial charge in [-0.1, -0.05) is 37.1 Å². The molecule has 0 radical (unpaired) electrons. The number of ether oxygens (including phenoxy) is 2. The molecule has 1 saturated carbocycles. The highest BCUT2D eigenvalue weighted by atomic mass is 16.5. The molecule has 26 heavy (non-hydrogen) atoms. The van der Waals surface area contributed by atoms with E-state index in [1.807, 2.05) is 0 Å². The lowest BCUT2D eigenvalue weighted by Crippen LogP contribution is -2.47. The molecule has 1 fully saturated rings. The Labute approximate surface area is 152 Å². The summed E-state index contributed by atoms with van der Waals surface area (Å²) in [4.78, 5) is 38.3. The van der Waals surface area contributed by atoms with Gasteiger partial charge in [0.2, 0.25) is 0 Å². The van der Waals surface area contributed by atoms with E-state index in [1.54, 1.807) is 31.2 Å². The number of hydrogen-bond acceptors (Lipinski definition) is 5. The highest BCUT2D eigenvalue weighted by Crippen LogP contribution is 2.49. The normalized spacial score (nSPS) is 23.8. The van der Waals surface area contributed by atoms with Gasteiger partial charge in [-0.25, -0.2) is 0 Å². The second-order valence-corrected chi connectivity index (χ2v) is 7.21. The van der Waals surface area contributed by atoms with Crippen LogP contribution >= 0.6 is 0 Å². The van der Waals surface area contributed by atoms with E-state index in [0.29, 0.717) is 41.7 Å². The zero-order valence-corrected chi connectivity index (χ0v) is 14.9. The molecule has 0 aromatic heterocycles. The van der Waals surface area contributed by atoms with Gasteiger partial charge in [-0.2, -0.15) is 0 Å². The minimum atomic E-state index is -0.731. The van der Waals surface area contributed by atoms with Crippen molar-refractivity contribution in [3.63, 3.8) is 0 Å². The van der Waals surface area contributed by atoms with Crippen LogP contribution in [0.3, 0.4) is 0 Å². The Hall–Kier alpha value is -2.27. The smallest absolute Gasteiger partial charge is 0.308 e. The Kier molecular flexibility index (Phi) is 4.27. The summed E-state index contributed by atoms with van der Waals surface area (Å²) in [7, 11) is 0. The number of hydrogen-bond donors (Lipinski definition) is 0. The molecule has 2 aliphatic carbocycles. The standard InChI is InChI=1S/C21H22O5/c1-2-25-17(22)12-13-11-16-18(21(26-13)9-5-6-10-21)20(24)15-8-4-3-7-14(15)19(16)23/h3-4,7-8,13H,2,5-6,9-12H2,1H3. The first kappa shape index (κ1) is 17.2. The predicted molar refractivity (Wildman–Crippen MR) is 94.1 cm³/mol. The molecule has 5 heteroatoms. The van der Waals surface area contributed by atoms with Crippen LogP contribution in [0.5, 0.6) is 0 Å². The maximum atomic E-state index is 13.2. The van der Waals surface area contributed by atoms with Crippen molar-refractivity contribution >= 4 is 17.5 Å². The molecule has 136 valence electrons. The number of ketones is 2. The zero-order chi connectivity index (χ0) is 18.3. The number of benzene rings is 1. The summed E-state index contributed by atoms with van der Waals surface area (Å²) in [6.07, 6.45) is 3.30. The van der Waals surface area contributed by atoms with Crippen molar-refractivity contribution in [3.05, 3.63) is 46.5 Å². The topological polar surface area (TPSA) is 69.7 Å². The Bertz CT molecular complexity index is 813. The summed E-state index contributed by atoms with van der Waals surface area (Å²) >= 11 is 0. The molecule has 1 aromatic carbocycles. The summed E-state index contributed by atoms with van der Waals surface area (Å²) in [6.45, 7) is 2.08. The van der Waals surface area contributed by atoms with Gasteiger partial charge in [0, 0.05) is 28.7 Å². The quantitative estimate of drug-likeness (QED) is 0.778. The van der Waals surface area contributed by atoms with Gasteiger partial charge in [0.25, 0.3) is 0 Å². The van der Waals surface area contributed by atoms with E-state index in [-0.39, 0.29) is 30.4 Å². The summed E-state index contributed by atoms with van der Waals surface area (Å²) < 4.78 is 11.4. The lowest BCUT2D eigenvalue weighted by Gasteiger charge is -2.42. The van der Waals surface area contributed by atoms with Crippen LogP contribution < -0.4 is 0 Å². The molecule has 1 spiro atoms. The van der Waals surface area contributed by atoms with Gasteiger partial charge in [0.05, 0.1) is 24.7 Å². The van der Waals surface area contributed by atoms with Gasteiger partial charge in [-0.15, -0.1) is 0 Å². The number of carbonyl (C=O) groups excluding carboxylic acids is 3. The first-order valence-electron chi connectivity index (χ1n) is 9.31. The molecule has 5 nitrogen and oxygen atoms in total. The Balaban J connectivity index is 1.76. The minimum Gasteiger partial charge on any atom is -0.466 e. The minimum absolute atomic E-state index is 0.0910. The number of Topliss-reactive ketones (excluding diaryl/α,β-unsaturated/α-hetero) is 2. The van der Waals surface area contributed by atoms with E-state index in [4.69, 9.17) is 9.47 Å². The Morgan fingerprint density at radius 3 is 2.46 bits per heavy atom. The highest BCUT2D eigenvalue weighted by molar-refractivity contribution is 6.27. The van der Waals surface area contributed by atoms with Crippen LogP contribution in [0.2, 0.25) is 0 Å². The maximum Gasteiger partial charge on any atom is 0.308 e. The molecule has 1 aromatic rings. The second-order valence-electron chi connectivity index (χ2n) is 7.21. The third kappa shape index (κ3) is 2.62. The fourth-order valence-electron chi connectivity index (χ4n) is 4.58. The molecule has 0 N–H and O–H groups in total. The molecule has 0 bridgehead atoms. The molecule has 1 heterocycles. The van der Waals surface area contributed by atoms with Crippen molar-refractivity contribution < 1.29 is 23.9 Å². The average Bonchev–Trinajstić information content (AvgIpc) is 3.08. The molecule has 4 rings (SSSR count). The second kappa shape index (κ2) is 6.47. The van der Waals surface area contributed by atoms with E-state index < -0.39 is 11.7 Å². The van der Waals surface area contributed by atoms with Crippen LogP contribution in [0.25, 0.3) is 0 Å². The van der Waals surface area contributed by atoms with Gasteiger partial charge in [-0.3, -0.25) is 14.4 Å². The van der Waals surface area contributed by atoms with Crippen molar-refractivity contribution in [2.75, 3.05) is 6.61 Å². The van der Waals surface area contributed by atoms with Crippen molar-refractivity contribution in [2.45, 2.75) is 57.2 Å². The van der Waals surface area contributed by atoms with E-state index in [9.17, 15) is 14.4 Å². The SMILES string of the molecule is CCOC(=O)CC1CC2=C(C(=O)c3ccccc3C2=O)C2(CCCC2)O1. The highest BCUT2D eigenvalue weighted by Gasteiger charge is 2.51. The molecule has 0 amide bonds. The van der Waals surface area contributed by atoms with Crippen LogP contribution in [0.15, 0.2) is 35.4 Å². The van der Waals surface area contributed by atoms with Crippen LogP contribution in [0.4, 0.5) is 0 Å². The predicted octanol–water partition coefficient (Wildman–Crippen LogP) is 3.42. The third-order valence-electron chi connectivity index (χ3n) is 5.61. The van der Waals surface area contributed by atoms with E-state index in [1.165, 1.54) is 0 Å². The van der Waals surface area contributed by atoms with Crippen molar-refractivity contribution in [1.29, 1.82) is 0 Å². The van der Waals surface area contributed by atoms with E-state index >= 15 is 0 Å². The van der Waals surface area contributed by atoms with Gasteiger partial charge in [0.15, 0.2) is 11.6 Å². The van der Waals surface area contributed by atoms with E-state index in [0.717, 1.165) is 12.8 Å². The number of carbonyl (C=O) groups is 3. The maximum absolute atomic E-state index is 13.2. The first-order chi connectivity index (χ1) is 12.6. The Morgan fingerprint density at radius 1 is 1.15 bits per heavy atom. The number of rotatable bonds is 3. The molecule has 0 saturated heterocycles. The summed E-state index contributed by atoms with van der Waals surface area (Å²) in [6, 6.07) is 6.98. The first-order valence-corrected chi connectivity index (χ1v) is 9.31. The lowest BCUT2D eigenvalue weighted by molar-refractivity contribution is -0.150. The van der Waals surface area contributed by atoms with Crippen LogP contribution in [-0.4, -0.2) is 35.8 Å². The van der Waals surface area contributed by atoms with Crippen LogP contribution in [0.1, 0.15) is 66.2 Å². The van der Waals surface area contributed by atoms with Crippen molar-refractivity contribution in [3.8, 4) is 0 Å². The third-order valence-corrected chi connectivity index (χ3v) is 5.61. The number of esters is 1. The summed E-state index contributed by atoms with van der Waals surface area (Å²) in [5, 5.41) is 0. The zero-order valence-electron chi connectivity index (χ0n) is 14.9. The molecule has 1 aliphatic heterocycles. The van der Waals surface area contributed by atoms with Crippen LogP contribution in [-0.2, 0) is 14.3 Å². The van der Waals surface area contributed by atoms with Crippen molar-refractivity contribution in [1.82, 2.24) is 0 Å². The molecule has 3 aliphatic rings. The molecular weight excluding hydrogens is 332 g/mol. The monoisotopic (exact) mass is 354 g/mol. The van der Waals surface area contributed by atoms with Crippen molar-refractivity contribution in [2.24, 2.45) is 0 Å². The largest absolute Gasteiger partial charge is 0.466 e. The number of fused-ring (bicyclic) bond motifs is 2. The molecule has 1 unspecified atom stereocenters. The fraction of sp³-hybridized carbons (Fsp3) is 0.476. The summed E-state index contributed by atoms with van der Waals surface area (Å²) in [5.41, 5.74) is 1.27. The molecular formula is C21H22O5. The van der Waals surface area contributed by atoms with Crippen LogP contribution in [0, 0.1) is 0 Å². The van der Waals surface area contributed by atoms with Gasteiger partial charge >= 0.3 is 5.97 Å². The average molecular weight is 354 g/mol. The Morgan fingerprint density at radius 2 is 1.81 bits per heavy atom. The van der Waals surface area contributed by atoms with Gasteiger partial charge in [0.1, 0.15) is 0 Å².